The van der Waals surface area contributed by atoms with Crippen molar-refractivity contribution >= 4 is 0 Å². The molecular weight excluding hydrogens is 262 g/mol. The molecule has 0 bridgehead atoms. The third kappa shape index (κ3) is 4.28. The Morgan fingerprint density at radius 2 is 1.90 bits per heavy atom. The Morgan fingerprint density at radius 1 is 1.20 bits per heavy atom. The Labute approximate surface area is 116 Å². The molecule has 0 amide bonds. The van der Waals surface area contributed by atoms with Crippen molar-refractivity contribution in [2.75, 3.05) is 0 Å². The van der Waals surface area contributed by atoms with Crippen LogP contribution in [0.15, 0.2) is 36.5 Å². The highest BCUT2D eigenvalue weighted by molar-refractivity contribution is 5.22. The molecule has 2 aromatic rings. The van der Waals surface area contributed by atoms with Crippen LogP contribution in [0.25, 0.3) is 0 Å². The van der Waals surface area contributed by atoms with Crippen LogP contribution in [-0.2, 0) is 13.0 Å². The number of pyridine rings is 1. The standard InChI is InChI=1S/C15H16F2N2O/c1-10(18)4-14-2-3-15(8-19-14)20-9-11-5-12(16)7-13(17)6-11/h2-3,5-8,10H,4,9,18H2,1H3. The van der Waals surface area contributed by atoms with E-state index >= 15 is 0 Å². The SMILES string of the molecule is CC(N)Cc1ccc(OCc2cc(F)cc(F)c2)cn1. The van der Waals surface area contributed by atoms with Crippen LogP contribution in [0.1, 0.15) is 18.2 Å². The zero-order valence-electron chi connectivity index (χ0n) is 11.1. The second kappa shape index (κ2) is 6.43. The van der Waals surface area contributed by atoms with Crippen molar-refractivity contribution in [3.05, 3.63) is 59.4 Å². The molecular formula is C15H16F2N2O. The highest BCUT2D eigenvalue weighted by atomic mass is 19.1. The van der Waals surface area contributed by atoms with Gasteiger partial charge in [-0.15, -0.1) is 0 Å². The Morgan fingerprint density at radius 3 is 2.45 bits per heavy atom. The second-order valence-electron chi connectivity index (χ2n) is 4.73. The first-order chi connectivity index (χ1) is 9.52. The van der Waals surface area contributed by atoms with Gasteiger partial charge in [-0.1, -0.05) is 0 Å². The summed E-state index contributed by atoms with van der Waals surface area (Å²) in [7, 11) is 0. The Kier molecular flexibility index (Phi) is 4.63. The van der Waals surface area contributed by atoms with E-state index in [0.717, 1.165) is 11.8 Å². The van der Waals surface area contributed by atoms with E-state index in [9.17, 15) is 8.78 Å². The first kappa shape index (κ1) is 14.4. The first-order valence-electron chi connectivity index (χ1n) is 6.31. The second-order valence-corrected chi connectivity index (χ2v) is 4.73. The molecule has 0 fully saturated rings. The van der Waals surface area contributed by atoms with Gasteiger partial charge in [0.2, 0.25) is 0 Å². The van der Waals surface area contributed by atoms with Gasteiger partial charge in [0.15, 0.2) is 0 Å². The van der Waals surface area contributed by atoms with Gasteiger partial charge in [0, 0.05) is 24.2 Å². The fourth-order valence-corrected chi connectivity index (χ4v) is 1.81. The van der Waals surface area contributed by atoms with Crippen molar-refractivity contribution < 1.29 is 13.5 Å². The summed E-state index contributed by atoms with van der Waals surface area (Å²) in [5, 5.41) is 0. The van der Waals surface area contributed by atoms with Gasteiger partial charge in [-0.2, -0.15) is 0 Å². The summed E-state index contributed by atoms with van der Waals surface area (Å²) in [6, 6.07) is 6.94. The number of halogens is 2. The Hall–Kier alpha value is -2.01. The third-order valence-electron chi connectivity index (χ3n) is 2.66. The summed E-state index contributed by atoms with van der Waals surface area (Å²) in [4.78, 5) is 4.21. The summed E-state index contributed by atoms with van der Waals surface area (Å²) >= 11 is 0. The van der Waals surface area contributed by atoms with Gasteiger partial charge in [-0.3, -0.25) is 4.98 Å². The van der Waals surface area contributed by atoms with E-state index in [4.69, 9.17) is 10.5 Å². The lowest BCUT2D eigenvalue weighted by Gasteiger charge is -2.08. The molecule has 1 aromatic carbocycles. The van der Waals surface area contributed by atoms with Gasteiger partial charge in [0.1, 0.15) is 24.0 Å². The van der Waals surface area contributed by atoms with Crippen LogP contribution in [-0.4, -0.2) is 11.0 Å². The normalized spacial score (nSPS) is 12.2. The zero-order valence-corrected chi connectivity index (χ0v) is 11.1. The van der Waals surface area contributed by atoms with Crippen molar-refractivity contribution in [3.63, 3.8) is 0 Å². The molecule has 1 aromatic heterocycles. The van der Waals surface area contributed by atoms with E-state index in [1.165, 1.54) is 12.1 Å². The lowest BCUT2D eigenvalue weighted by molar-refractivity contribution is 0.303. The molecule has 1 heterocycles. The van der Waals surface area contributed by atoms with Gasteiger partial charge in [0.25, 0.3) is 0 Å². The molecule has 1 unspecified atom stereocenters. The quantitative estimate of drug-likeness (QED) is 0.915. The minimum absolute atomic E-state index is 0.0459. The fraction of sp³-hybridized carbons (Fsp3) is 0.267. The molecule has 0 spiro atoms. The lowest BCUT2D eigenvalue weighted by Crippen LogP contribution is -2.18. The smallest absolute Gasteiger partial charge is 0.138 e. The largest absolute Gasteiger partial charge is 0.487 e. The van der Waals surface area contributed by atoms with Crippen LogP contribution in [0, 0.1) is 11.6 Å². The zero-order chi connectivity index (χ0) is 14.5. The van der Waals surface area contributed by atoms with Gasteiger partial charge in [-0.05, 0) is 36.8 Å². The van der Waals surface area contributed by atoms with E-state index in [1.54, 1.807) is 12.3 Å². The molecule has 3 nitrogen and oxygen atoms in total. The van der Waals surface area contributed by atoms with Crippen molar-refractivity contribution in [1.82, 2.24) is 4.98 Å². The maximum Gasteiger partial charge on any atom is 0.138 e. The first-order valence-corrected chi connectivity index (χ1v) is 6.31. The number of nitrogens with zero attached hydrogens (tertiary/aromatic N) is 1. The van der Waals surface area contributed by atoms with Gasteiger partial charge in [0.05, 0.1) is 6.20 Å². The summed E-state index contributed by atoms with van der Waals surface area (Å²) in [6.07, 6.45) is 2.27. The minimum atomic E-state index is -0.617. The molecule has 0 saturated carbocycles. The number of hydrogen-bond donors (Lipinski definition) is 1. The molecule has 2 N–H and O–H groups in total. The van der Waals surface area contributed by atoms with E-state index in [1.807, 2.05) is 13.0 Å². The van der Waals surface area contributed by atoms with Crippen molar-refractivity contribution in [3.8, 4) is 5.75 Å². The van der Waals surface area contributed by atoms with Gasteiger partial charge in [-0.25, -0.2) is 8.78 Å². The molecule has 0 saturated heterocycles. The van der Waals surface area contributed by atoms with Crippen LogP contribution < -0.4 is 10.5 Å². The number of hydrogen-bond acceptors (Lipinski definition) is 3. The number of benzene rings is 1. The molecule has 5 heteroatoms. The highest BCUT2D eigenvalue weighted by Gasteiger charge is 2.03. The molecule has 2 rings (SSSR count). The predicted octanol–water partition coefficient (Wildman–Crippen LogP) is 2.83. The number of aromatic nitrogens is 1. The average molecular weight is 278 g/mol. The average Bonchev–Trinajstić information content (AvgIpc) is 2.36. The van der Waals surface area contributed by atoms with Crippen LogP contribution in [0.5, 0.6) is 5.75 Å². The van der Waals surface area contributed by atoms with Crippen LogP contribution in [0.2, 0.25) is 0 Å². The molecule has 1 atom stereocenters. The Bertz CT molecular complexity index is 550. The molecule has 20 heavy (non-hydrogen) atoms. The monoisotopic (exact) mass is 278 g/mol. The molecule has 0 aliphatic heterocycles. The molecule has 0 aliphatic carbocycles. The van der Waals surface area contributed by atoms with Crippen molar-refractivity contribution in [1.29, 1.82) is 0 Å². The summed E-state index contributed by atoms with van der Waals surface area (Å²) < 4.78 is 31.5. The highest BCUT2D eigenvalue weighted by Crippen LogP contribution is 2.14. The molecule has 106 valence electrons. The third-order valence-corrected chi connectivity index (χ3v) is 2.66. The van der Waals surface area contributed by atoms with Crippen LogP contribution >= 0.6 is 0 Å². The van der Waals surface area contributed by atoms with Gasteiger partial charge < -0.3 is 10.5 Å². The van der Waals surface area contributed by atoms with E-state index in [2.05, 4.69) is 4.98 Å². The molecule has 0 radical (unpaired) electrons. The summed E-state index contributed by atoms with van der Waals surface area (Å²) in [5.41, 5.74) is 6.99. The van der Waals surface area contributed by atoms with E-state index in [0.29, 0.717) is 17.7 Å². The number of nitrogens with two attached hydrogens (primary N) is 1. The van der Waals surface area contributed by atoms with Crippen molar-refractivity contribution in [2.24, 2.45) is 5.73 Å². The molecule has 0 aliphatic rings. The van der Waals surface area contributed by atoms with E-state index < -0.39 is 11.6 Å². The van der Waals surface area contributed by atoms with Crippen molar-refractivity contribution in [2.45, 2.75) is 26.0 Å². The Balaban J connectivity index is 1.96. The predicted molar refractivity (Wildman–Crippen MR) is 72.3 cm³/mol. The topological polar surface area (TPSA) is 48.1 Å². The lowest BCUT2D eigenvalue weighted by atomic mass is 10.2. The van der Waals surface area contributed by atoms with Crippen LogP contribution in [0.4, 0.5) is 8.78 Å². The van der Waals surface area contributed by atoms with Crippen LogP contribution in [0.3, 0.4) is 0 Å². The maximum absolute atomic E-state index is 13.0. The summed E-state index contributed by atoms with van der Waals surface area (Å²) in [5.74, 6) is -0.689. The fourth-order valence-electron chi connectivity index (χ4n) is 1.81. The summed E-state index contributed by atoms with van der Waals surface area (Å²) in [6.45, 7) is 1.99. The minimum Gasteiger partial charge on any atom is -0.487 e. The number of ether oxygens (including phenoxy) is 1. The van der Waals surface area contributed by atoms with E-state index in [-0.39, 0.29) is 12.6 Å². The maximum atomic E-state index is 13.0. The van der Waals surface area contributed by atoms with Gasteiger partial charge >= 0.3 is 0 Å². The number of rotatable bonds is 5.